The summed E-state index contributed by atoms with van der Waals surface area (Å²) in [6, 6.07) is 3.47. The normalized spacial score (nSPS) is 19.0. The van der Waals surface area contributed by atoms with Crippen LogP contribution in [0.4, 0.5) is 0 Å². The molecule has 0 aliphatic carbocycles. The number of phenols is 1. The SMILES string of the molecule is CCC1(C)CCN(Cc2cc(Cl)cc(OC)c2O)CC1. The first-order valence-corrected chi connectivity index (χ1v) is 7.63. The molecule has 1 heterocycles. The maximum Gasteiger partial charge on any atom is 0.162 e. The van der Waals surface area contributed by atoms with Crippen LogP contribution >= 0.6 is 11.6 Å². The van der Waals surface area contributed by atoms with E-state index in [0.717, 1.165) is 25.2 Å². The number of nitrogens with zero attached hydrogens (tertiary/aromatic N) is 1. The lowest BCUT2D eigenvalue weighted by Crippen LogP contribution is -2.37. The molecule has 1 N–H and O–H groups in total. The lowest BCUT2D eigenvalue weighted by Gasteiger charge is -2.39. The number of ether oxygens (including phenoxy) is 1. The molecule has 0 amide bonds. The van der Waals surface area contributed by atoms with E-state index in [9.17, 15) is 5.11 Å². The highest BCUT2D eigenvalue weighted by Crippen LogP contribution is 2.37. The number of likely N-dealkylation sites (tertiary alicyclic amines) is 1. The number of phenolic OH excluding ortho intramolecular Hbond substituents is 1. The second-order valence-corrected chi connectivity index (χ2v) is 6.49. The molecule has 2 rings (SSSR count). The molecule has 20 heavy (non-hydrogen) atoms. The van der Waals surface area contributed by atoms with Gasteiger partial charge in [-0.3, -0.25) is 4.90 Å². The smallest absolute Gasteiger partial charge is 0.162 e. The van der Waals surface area contributed by atoms with Crippen LogP contribution in [0.1, 0.15) is 38.7 Å². The Morgan fingerprint density at radius 2 is 2.00 bits per heavy atom. The van der Waals surface area contributed by atoms with Gasteiger partial charge in [-0.15, -0.1) is 0 Å². The van der Waals surface area contributed by atoms with Gasteiger partial charge in [-0.05, 0) is 37.4 Å². The molecule has 1 aliphatic heterocycles. The molecular formula is C16H24ClNO2. The summed E-state index contributed by atoms with van der Waals surface area (Å²) >= 11 is 6.08. The average molecular weight is 298 g/mol. The lowest BCUT2D eigenvalue weighted by molar-refractivity contribution is 0.109. The lowest BCUT2D eigenvalue weighted by atomic mass is 9.78. The highest BCUT2D eigenvalue weighted by Gasteiger charge is 2.28. The van der Waals surface area contributed by atoms with Gasteiger partial charge in [0.15, 0.2) is 11.5 Å². The van der Waals surface area contributed by atoms with Crippen molar-refractivity contribution in [2.24, 2.45) is 5.41 Å². The van der Waals surface area contributed by atoms with Crippen molar-refractivity contribution >= 4 is 11.6 Å². The van der Waals surface area contributed by atoms with Crippen molar-refractivity contribution in [3.05, 3.63) is 22.7 Å². The van der Waals surface area contributed by atoms with Gasteiger partial charge in [0, 0.05) is 23.2 Å². The number of benzene rings is 1. The molecule has 1 aliphatic rings. The van der Waals surface area contributed by atoms with Gasteiger partial charge in [0.2, 0.25) is 0 Å². The van der Waals surface area contributed by atoms with E-state index in [1.54, 1.807) is 13.2 Å². The van der Waals surface area contributed by atoms with Crippen LogP contribution in [0.3, 0.4) is 0 Å². The Bertz CT molecular complexity index is 468. The monoisotopic (exact) mass is 297 g/mol. The summed E-state index contributed by atoms with van der Waals surface area (Å²) < 4.78 is 5.15. The molecule has 1 fully saturated rings. The maximum atomic E-state index is 10.2. The van der Waals surface area contributed by atoms with Gasteiger partial charge in [0.1, 0.15) is 0 Å². The highest BCUT2D eigenvalue weighted by molar-refractivity contribution is 6.30. The molecule has 0 saturated carbocycles. The standard InChI is InChI=1S/C16H24ClNO2/c1-4-16(2)5-7-18(8-6-16)11-12-9-13(17)10-14(20-3)15(12)19/h9-10,19H,4-8,11H2,1-3H3. The summed E-state index contributed by atoms with van der Waals surface area (Å²) in [5, 5.41) is 10.8. The van der Waals surface area contributed by atoms with E-state index in [4.69, 9.17) is 16.3 Å². The first-order valence-electron chi connectivity index (χ1n) is 7.25. The van der Waals surface area contributed by atoms with E-state index >= 15 is 0 Å². The number of rotatable bonds is 4. The zero-order valence-electron chi connectivity index (χ0n) is 12.6. The first-order chi connectivity index (χ1) is 9.47. The summed E-state index contributed by atoms with van der Waals surface area (Å²) in [5.41, 5.74) is 1.32. The van der Waals surface area contributed by atoms with Crippen molar-refractivity contribution in [2.45, 2.75) is 39.7 Å². The van der Waals surface area contributed by atoms with Crippen LogP contribution in [0.2, 0.25) is 5.02 Å². The summed E-state index contributed by atoms with van der Waals surface area (Å²) in [6.07, 6.45) is 3.65. The van der Waals surface area contributed by atoms with Gasteiger partial charge in [0.25, 0.3) is 0 Å². The third-order valence-electron chi connectivity index (χ3n) is 4.65. The summed E-state index contributed by atoms with van der Waals surface area (Å²) in [5.74, 6) is 0.656. The Kier molecular flexibility index (Phi) is 4.82. The highest BCUT2D eigenvalue weighted by atomic mass is 35.5. The van der Waals surface area contributed by atoms with E-state index in [1.165, 1.54) is 19.3 Å². The van der Waals surface area contributed by atoms with Crippen LogP contribution in [0.25, 0.3) is 0 Å². The van der Waals surface area contributed by atoms with Gasteiger partial charge in [-0.2, -0.15) is 0 Å². The maximum absolute atomic E-state index is 10.2. The summed E-state index contributed by atoms with van der Waals surface area (Å²) in [4.78, 5) is 2.38. The molecule has 0 unspecified atom stereocenters. The largest absolute Gasteiger partial charge is 0.504 e. The van der Waals surface area contributed by atoms with Gasteiger partial charge < -0.3 is 9.84 Å². The number of aromatic hydroxyl groups is 1. The molecule has 0 aromatic heterocycles. The van der Waals surface area contributed by atoms with E-state index in [2.05, 4.69) is 18.7 Å². The van der Waals surface area contributed by atoms with E-state index < -0.39 is 0 Å². The minimum atomic E-state index is 0.209. The Hall–Kier alpha value is -0.930. The van der Waals surface area contributed by atoms with Crippen LogP contribution in [0, 0.1) is 5.41 Å². The minimum Gasteiger partial charge on any atom is -0.504 e. The van der Waals surface area contributed by atoms with Crippen LogP contribution in [0.15, 0.2) is 12.1 Å². The predicted molar refractivity (Wildman–Crippen MR) is 82.6 cm³/mol. The summed E-state index contributed by atoms with van der Waals surface area (Å²) in [7, 11) is 1.54. The first kappa shape index (κ1) is 15.5. The molecule has 0 atom stereocenters. The molecule has 4 heteroatoms. The molecule has 3 nitrogen and oxygen atoms in total. The van der Waals surface area contributed by atoms with Gasteiger partial charge >= 0.3 is 0 Å². The van der Waals surface area contributed by atoms with Crippen LogP contribution in [-0.4, -0.2) is 30.2 Å². The molecule has 112 valence electrons. The Balaban J connectivity index is 2.06. The molecule has 1 saturated heterocycles. The molecule has 0 radical (unpaired) electrons. The molecular weight excluding hydrogens is 274 g/mol. The van der Waals surface area contributed by atoms with Crippen LogP contribution in [-0.2, 0) is 6.54 Å². The van der Waals surface area contributed by atoms with Gasteiger partial charge in [-0.1, -0.05) is 31.9 Å². The topological polar surface area (TPSA) is 32.7 Å². The van der Waals surface area contributed by atoms with Crippen molar-refractivity contribution in [1.82, 2.24) is 4.90 Å². The van der Waals surface area contributed by atoms with Crippen molar-refractivity contribution in [1.29, 1.82) is 0 Å². The van der Waals surface area contributed by atoms with E-state index in [-0.39, 0.29) is 5.75 Å². The zero-order chi connectivity index (χ0) is 14.8. The third-order valence-corrected chi connectivity index (χ3v) is 4.87. The number of piperidine rings is 1. The van der Waals surface area contributed by atoms with Crippen molar-refractivity contribution in [2.75, 3.05) is 20.2 Å². The zero-order valence-corrected chi connectivity index (χ0v) is 13.3. The molecule has 1 aromatic rings. The summed E-state index contributed by atoms with van der Waals surface area (Å²) in [6.45, 7) is 7.49. The Morgan fingerprint density at radius 3 is 2.55 bits per heavy atom. The second-order valence-electron chi connectivity index (χ2n) is 6.06. The number of halogens is 1. The van der Waals surface area contributed by atoms with Crippen LogP contribution < -0.4 is 4.74 Å². The average Bonchev–Trinajstić information content (AvgIpc) is 2.45. The Morgan fingerprint density at radius 1 is 1.35 bits per heavy atom. The van der Waals surface area contributed by atoms with Gasteiger partial charge in [-0.25, -0.2) is 0 Å². The number of methoxy groups -OCH3 is 1. The second kappa shape index (κ2) is 6.23. The Labute approximate surface area is 126 Å². The molecule has 0 bridgehead atoms. The fraction of sp³-hybridized carbons (Fsp3) is 0.625. The van der Waals surface area contributed by atoms with Gasteiger partial charge in [0.05, 0.1) is 7.11 Å². The van der Waals surface area contributed by atoms with E-state index in [0.29, 0.717) is 16.2 Å². The molecule has 0 spiro atoms. The van der Waals surface area contributed by atoms with Crippen molar-refractivity contribution in [3.63, 3.8) is 0 Å². The number of hydrogen-bond acceptors (Lipinski definition) is 3. The fourth-order valence-corrected chi connectivity index (χ4v) is 2.98. The number of hydrogen-bond donors (Lipinski definition) is 1. The van der Waals surface area contributed by atoms with E-state index in [1.807, 2.05) is 6.07 Å². The quantitative estimate of drug-likeness (QED) is 0.909. The fourth-order valence-electron chi connectivity index (χ4n) is 2.75. The van der Waals surface area contributed by atoms with Crippen LogP contribution in [0.5, 0.6) is 11.5 Å². The van der Waals surface area contributed by atoms with Crippen molar-refractivity contribution in [3.8, 4) is 11.5 Å². The predicted octanol–water partition coefficient (Wildman–Crippen LogP) is 4.07. The third kappa shape index (κ3) is 3.39. The minimum absolute atomic E-state index is 0.209. The van der Waals surface area contributed by atoms with Crippen molar-refractivity contribution < 1.29 is 9.84 Å². The molecule has 1 aromatic carbocycles.